The van der Waals surface area contributed by atoms with Crippen molar-refractivity contribution in [2.24, 2.45) is 0 Å². The van der Waals surface area contributed by atoms with Gasteiger partial charge in [-0.05, 0) is 61.1 Å². The van der Waals surface area contributed by atoms with E-state index in [9.17, 15) is 14.7 Å². The molecule has 3 heterocycles. The summed E-state index contributed by atoms with van der Waals surface area (Å²) in [4.78, 5) is 27.9. The number of amides is 1. The molecule has 2 aromatic carbocycles. The van der Waals surface area contributed by atoms with Gasteiger partial charge in [0.1, 0.15) is 17.6 Å². The maximum absolute atomic E-state index is 13.2. The second-order valence-corrected chi connectivity index (χ2v) is 9.14. The molecule has 0 radical (unpaired) electrons. The van der Waals surface area contributed by atoms with Crippen molar-refractivity contribution in [2.75, 3.05) is 13.2 Å². The van der Waals surface area contributed by atoms with Crippen LogP contribution in [0.3, 0.4) is 0 Å². The van der Waals surface area contributed by atoms with Gasteiger partial charge in [-0.2, -0.15) is 0 Å². The van der Waals surface area contributed by atoms with Crippen molar-refractivity contribution >= 4 is 17.4 Å². The van der Waals surface area contributed by atoms with Gasteiger partial charge in [0.15, 0.2) is 0 Å². The topological polar surface area (TPSA) is 76.1 Å². The number of aliphatic hydroxyl groups excluding tert-OH is 1. The highest BCUT2D eigenvalue weighted by molar-refractivity contribution is 6.46. The van der Waals surface area contributed by atoms with E-state index in [1.54, 1.807) is 11.0 Å². The SMILES string of the molecule is CCc1ccc([C@@H]2C(=C(O)c3ccc4c(c3)C[C@H](C)O4)C(=O)C(=O)N2C[C@H]2CCCO2)cc1. The molecular formula is C27H29NO5. The summed E-state index contributed by atoms with van der Waals surface area (Å²) in [6, 6.07) is 12.7. The molecular weight excluding hydrogens is 418 g/mol. The fourth-order valence-corrected chi connectivity index (χ4v) is 5.08. The van der Waals surface area contributed by atoms with Crippen molar-refractivity contribution in [1.82, 2.24) is 4.90 Å². The van der Waals surface area contributed by atoms with Crippen molar-refractivity contribution in [3.8, 4) is 5.75 Å². The molecule has 0 aliphatic carbocycles. The van der Waals surface area contributed by atoms with Gasteiger partial charge in [0.25, 0.3) is 11.7 Å². The van der Waals surface area contributed by atoms with Crippen molar-refractivity contribution in [2.45, 2.75) is 57.8 Å². The highest BCUT2D eigenvalue weighted by atomic mass is 16.5. The molecule has 0 bridgehead atoms. The Hall–Kier alpha value is -3.12. The van der Waals surface area contributed by atoms with Crippen LogP contribution < -0.4 is 4.74 Å². The largest absolute Gasteiger partial charge is 0.507 e. The molecule has 0 unspecified atom stereocenters. The number of aryl methyl sites for hydroxylation is 1. The van der Waals surface area contributed by atoms with E-state index in [0.29, 0.717) is 18.7 Å². The summed E-state index contributed by atoms with van der Waals surface area (Å²) < 4.78 is 11.5. The first kappa shape index (κ1) is 21.7. The number of nitrogens with zero attached hydrogens (tertiary/aromatic N) is 1. The third kappa shape index (κ3) is 3.93. The lowest BCUT2D eigenvalue weighted by Crippen LogP contribution is -2.36. The minimum Gasteiger partial charge on any atom is -0.507 e. The molecule has 2 fully saturated rings. The monoisotopic (exact) mass is 447 g/mol. The van der Waals surface area contributed by atoms with Crippen LogP contribution in [0.5, 0.6) is 5.75 Å². The lowest BCUT2D eigenvalue weighted by Gasteiger charge is -2.27. The Morgan fingerprint density at radius 2 is 1.94 bits per heavy atom. The smallest absolute Gasteiger partial charge is 0.295 e. The number of likely N-dealkylation sites (tertiary alicyclic amines) is 1. The number of carbonyl (C=O) groups is 2. The van der Waals surface area contributed by atoms with Crippen LogP contribution in [0.15, 0.2) is 48.0 Å². The average Bonchev–Trinajstić information content (AvgIpc) is 3.53. The Bertz CT molecular complexity index is 1110. The summed E-state index contributed by atoms with van der Waals surface area (Å²) in [7, 11) is 0. The predicted molar refractivity (Wildman–Crippen MR) is 124 cm³/mol. The number of Topliss-reactive ketones (excluding diaryl/α,β-unsaturated/α-hetero) is 1. The van der Waals surface area contributed by atoms with Gasteiger partial charge in [0, 0.05) is 25.1 Å². The molecule has 6 nitrogen and oxygen atoms in total. The standard InChI is InChI=1S/C27H29NO5/c1-3-17-6-8-18(9-7-17)24-23(26(30)27(31)28(24)15-21-5-4-12-32-21)25(29)19-10-11-22-20(14-19)13-16(2)33-22/h6-11,14,16,21,24,29H,3-5,12-13,15H2,1-2H3/t16-,21+,24+/m0/s1. The van der Waals surface area contributed by atoms with Crippen molar-refractivity contribution in [3.05, 3.63) is 70.3 Å². The highest BCUT2D eigenvalue weighted by Crippen LogP contribution is 2.41. The van der Waals surface area contributed by atoms with Crippen LogP contribution in [-0.2, 0) is 27.2 Å². The quantitative estimate of drug-likeness (QED) is 0.423. The summed E-state index contributed by atoms with van der Waals surface area (Å²) in [5.41, 5.74) is 3.63. The van der Waals surface area contributed by atoms with Gasteiger partial charge < -0.3 is 19.5 Å². The molecule has 5 rings (SSSR count). The van der Waals surface area contributed by atoms with Gasteiger partial charge in [-0.3, -0.25) is 9.59 Å². The molecule has 3 aliphatic rings. The summed E-state index contributed by atoms with van der Waals surface area (Å²) in [6.07, 6.45) is 3.41. The summed E-state index contributed by atoms with van der Waals surface area (Å²) >= 11 is 0. The summed E-state index contributed by atoms with van der Waals surface area (Å²) in [6.45, 7) is 5.07. The molecule has 2 saturated heterocycles. The van der Waals surface area contributed by atoms with Gasteiger partial charge in [0.2, 0.25) is 0 Å². The van der Waals surface area contributed by atoms with Gasteiger partial charge in [-0.15, -0.1) is 0 Å². The predicted octanol–water partition coefficient (Wildman–Crippen LogP) is 4.17. The minimum atomic E-state index is -0.653. The maximum Gasteiger partial charge on any atom is 0.295 e. The van der Waals surface area contributed by atoms with Gasteiger partial charge in [-0.25, -0.2) is 0 Å². The first-order chi connectivity index (χ1) is 16.0. The third-order valence-corrected chi connectivity index (χ3v) is 6.84. The zero-order chi connectivity index (χ0) is 23.1. The number of ketones is 1. The van der Waals surface area contributed by atoms with E-state index >= 15 is 0 Å². The van der Waals surface area contributed by atoms with Crippen LogP contribution in [0.2, 0.25) is 0 Å². The first-order valence-corrected chi connectivity index (χ1v) is 11.7. The average molecular weight is 448 g/mol. The Morgan fingerprint density at radius 1 is 1.15 bits per heavy atom. The van der Waals surface area contributed by atoms with E-state index in [4.69, 9.17) is 9.47 Å². The number of benzene rings is 2. The van der Waals surface area contributed by atoms with Crippen molar-refractivity contribution in [1.29, 1.82) is 0 Å². The van der Waals surface area contributed by atoms with E-state index in [1.807, 2.05) is 43.3 Å². The molecule has 6 heteroatoms. The highest BCUT2D eigenvalue weighted by Gasteiger charge is 2.47. The van der Waals surface area contributed by atoms with Crippen LogP contribution in [0.1, 0.15) is 55.0 Å². The van der Waals surface area contributed by atoms with Gasteiger partial charge >= 0.3 is 0 Å². The van der Waals surface area contributed by atoms with E-state index in [-0.39, 0.29) is 23.5 Å². The van der Waals surface area contributed by atoms with E-state index < -0.39 is 17.7 Å². The molecule has 3 atom stereocenters. The number of hydrogen-bond donors (Lipinski definition) is 1. The van der Waals surface area contributed by atoms with Gasteiger partial charge in [0.05, 0.1) is 17.7 Å². The van der Waals surface area contributed by atoms with Crippen LogP contribution in [0.25, 0.3) is 5.76 Å². The number of fused-ring (bicyclic) bond motifs is 1. The maximum atomic E-state index is 13.2. The van der Waals surface area contributed by atoms with Gasteiger partial charge in [-0.1, -0.05) is 31.2 Å². The summed E-state index contributed by atoms with van der Waals surface area (Å²) in [5, 5.41) is 11.3. The number of aliphatic hydroxyl groups is 1. The molecule has 0 aromatic heterocycles. The van der Waals surface area contributed by atoms with Crippen LogP contribution in [0, 0.1) is 0 Å². The number of ether oxygens (including phenoxy) is 2. The molecule has 1 amide bonds. The zero-order valence-electron chi connectivity index (χ0n) is 19.0. The molecule has 33 heavy (non-hydrogen) atoms. The Balaban J connectivity index is 1.59. The van der Waals surface area contributed by atoms with E-state index in [2.05, 4.69) is 6.92 Å². The number of carbonyl (C=O) groups excluding carboxylic acids is 2. The van der Waals surface area contributed by atoms with Crippen LogP contribution >= 0.6 is 0 Å². The van der Waals surface area contributed by atoms with Crippen molar-refractivity contribution in [3.63, 3.8) is 0 Å². The Kier molecular flexibility index (Phi) is 5.71. The number of hydrogen-bond acceptors (Lipinski definition) is 5. The fraction of sp³-hybridized carbons (Fsp3) is 0.407. The second-order valence-electron chi connectivity index (χ2n) is 9.14. The zero-order valence-corrected chi connectivity index (χ0v) is 19.0. The summed E-state index contributed by atoms with van der Waals surface area (Å²) in [5.74, 6) is -0.588. The van der Waals surface area contributed by atoms with E-state index in [1.165, 1.54) is 5.56 Å². The van der Waals surface area contributed by atoms with Crippen LogP contribution in [-0.4, -0.2) is 47.1 Å². The molecule has 2 aromatic rings. The number of rotatable bonds is 5. The van der Waals surface area contributed by atoms with E-state index in [0.717, 1.165) is 42.6 Å². The molecule has 0 spiro atoms. The Labute approximate surface area is 193 Å². The Morgan fingerprint density at radius 3 is 2.64 bits per heavy atom. The third-order valence-electron chi connectivity index (χ3n) is 6.84. The fourth-order valence-electron chi connectivity index (χ4n) is 5.08. The minimum absolute atomic E-state index is 0.0754. The second kappa shape index (κ2) is 8.67. The lowest BCUT2D eigenvalue weighted by molar-refractivity contribution is -0.140. The molecule has 172 valence electrons. The first-order valence-electron chi connectivity index (χ1n) is 11.7. The molecule has 0 saturated carbocycles. The van der Waals surface area contributed by atoms with Crippen LogP contribution in [0.4, 0.5) is 0 Å². The normalized spacial score (nSPS) is 26.0. The molecule has 1 N–H and O–H groups in total. The van der Waals surface area contributed by atoms with Crippen molar-refractivity contribution < 1.29 is 24.2 Å². The molecule has 3 aliphatic heterocycles. The lowest BCUT2D eigenvalue weighted by atomic mass is 9.93.